The minimum atomic E-state index is -0.793. The number of aryl methyl sites for hydroxylation is 1. The second-order valence-corrected chi connectivity index (χ2v) is 4.47. The molecule has 0 radical (unpaired) electrons. The highest BCUT2D eigenvalue weighted by atomic mass is 16.2. The lowest BCUT2D eigenvalue weighted by Gasteiger charge is -2.28. The monoisotopic (exact) mass is 220 g/mol. The molecular weight excluding hydrogens is 200 g/mol. The summed E-state index contributed by atoms with van der Waals surface area (Å²) in [5, 5.41) is 0. The van der Waals surface area contributed by atoms with Gasteiger partial charge in [0, 0.05) is 12.7 Å². The number of benzene rings is 1. The van der Waals surface area contributed by atoms with Gasteiger partial charge in [-0.3, -0.25) is 4.79 Å². The fourth-order valence-electron chi connectivity index (χ4n) is 1.49. The smallest absolute Gasteiger partial charge is 0.246 e. The summed E-state index contributed by atoms with van der Waals surface area (Å²) in [6.07, 6.45) is 0.627. The lowest BCUT2D eigenvalue weighted by Crippen LogP contribution is -2.51. The first kappa shape index (κ1) is 12.7. The Kier molecular flexibility index (Phi) is 3.70. The molecule has 2 N–H and O–H groups in total. The van der Waals surface area contributed by atoms with E-state index in [1.807, 2.05) is 38.1 Å². The lowest BCUT2D eigenvalue weighted by atomic mass is 9.98. The maximum Gasteiger partial charge on any atom is 0.246 e. The van der Waals surface area contributed by atoms with E-state index in [0.29, 0.717) is 6.42 Å². The van der Waals surface area contributed by atoms with Gasteiger partial charge in [0.1, 0.15) is 0 Å². The van der Waals surface area contributed by atoms with Crippen LogP contribution < -0.4 is 10.6 Å². The number of hydrogen-bond acceptors (Lipinski definition) is 2. The van der Waals surface area contributed by atoms with Crippen molar-refractivity contribution in [2.24, 2.45) is 5.73 Å². The fourth-order valence-corrected chi connectivity index (χ4v) is 1.49. The molecule has 16 heavy (non-hydrogen) atoms. The standard InChI is InChI=1S/C13H20N2O/c1-5-13(3,14)12(16)15(4)11-8-6-7-10(2)9-11/h6-9H,5,14H2,1-4H3. The van der Waals surface area contributed by atoms with Gasteiger partial charge in [-0.1, -0.05) is 19.1 Å². The Labute approximate surface area is 97.2 Å². The van der Waals surface area contributed by atoms with E-state index in [4.69, 9.17) is 5.73 Å². The number of anilines is 1. The highest BCUT2D eigenvalue weighted by Gasteiger charge is 2.29. The molecule has 3 heteroatoms. The SMILES string of the molecule is CCC(C)(N)C(=O)N(C)c1cccc(C)c1. The van der Waals surface area contributed by atoms with Gasteiger partial charge in [-0.25, -0.2) is 0 Å². The Morgan fingerprint density at radius 3 is 2.62 bits per heavy atom. The van der Waals surface area contributed by atoms with E-state index in [0.717, 1.165) is 11.3 Å². The van der Waals surface area contributed by atoms with Crippen LogP contribution in [-0.2, 0) is 4.79 Å². The zero-order chi connectivity index (χ0) is 12.3. The van der Waals surface area contributed by atoms with Crippen LogP contribution in [0.25, 0.3) is 0 Å². The van der Waals surface area contributed by atoms with Crippen molar-refractivity contribution in [3.63, 3.8) is 0 Å². The van der Waals surface area contributed by atoms with Gasteiger partial charge in [0.05, 0.1) is 5.54 Å². The van der Waals surface area contributed by atoms with E-state index >= 15 is 0 Å². The normalized spacial score (nSPS) is 14.3. The molecule has 0 heterocycles. The van der Waals surface area contributed by atoms with E-state index < -0.39 is 5.54 Å². The van der Waals surface area contributed by atoms with Gasteiger partial charge < -0.3 is 10.6 Å². The number of nitrogens with zero attached hydrogens (tertiary/aromatic N) is 1. The molecule has 0 fully saturated rings. The van der Waals surface area contributed by atoms with E-state index in [-0.39, 0.29) is 5.91 Å². The summed E-state index contributed by atoms with van der Waals surface area (Å²) in [5.41, 5.74) is 7.17. The molecule has 0 aromatic heterocycles. The van der Waals surface area contributed by atoms with Gasteiger partial charge >= 0.3 is 0 Å². The third-order valence-electron chi connectivity index (χ3n) is 2.92. The molecule has 0 aliphatic carbocycles. The predicted octanol–water partition coefficient (Wildman–Crippen LogP) is 2.09. The molecule has 1 rings (SSSR count). The predicted molar refractivity (Wildman–Crippen MR) is 67.5 cm³/mol. The van der Waals surface area contributed by atoms with Crippen molar-refractivity contribution in [3.05, 3.63) is 29.8 Å². The molecule has 0 aliphatic heterocycles. The van der Waals surface area contributed by atoms with Crippen molar-refractivity contribution < 1.29 is 4.79 Å². The summed E-state index contributed by atoms with van der Waals surface area (Å²) in [7, 11) is 1.76. The van der Waals surface area contributed by atoms with Crippen molar-refractivity contribution in [3.8, 4) is 0 Å². The van der Waals surface area contributed by atoms with Crippen LogP contribution >= 0.6 is 0 Å². The van der Waals surface area contributed by atoms with E-state index in [2.05, 4.69) is 0 Å². The number of amides is 1. The van der Waals surface area contributed by atoms with Gasteiger partial charge in [0.2, 0.25) is 5.91 Å². The highest BCUT2D eigenvalue weighted by Crippen LogP contribution is 2.18. The maximum atomic E-state index is 12.1. The molecule has 0 saturated heterocycles. The topological polar surface area (TPSA) is 46.3 Å². The van der Waals surface area contributed by atoms with Crippen LogP contribution in [0.1, 0.15) is 25.8 Å². The quantitative estimate of drug-likeness (QED) is 0.847. The minimum Gasteiger partial charge on any atom is -0.318 e. The molecule has 1 unspecified atom stereocenters. The van der Waals surface area contributed by atoms with E-state index in [1.54, 1.807) is 18.9 Å². The van der Waals surface area contributed by atoms with Crippen molar-refractivity contribution >= 4 is 11.6 Å². The Morgan fingerprint density at radius 2 is 2.12 bits per heavy atom. The van der Waals surface area contributed by atoms with Gasteiger partial charge in [-0.15, -0.1) is 0 Å². The van der Waals surface area contributed by atoms with Crippen LogP contribution in [0.3, 0.4) is 0 Å². The second-order valence-electron chi connectivity index (χ2n) is 4.47. The molecule has 0 bridgehead atoms. The van der Waals surface area contributed by atoms with Crippen LogP contribution in [0.5, 0.6) is 0 Å². The van der Waals surface area contributed by atoms with Crippen LogP contribution in [0.4, 0.5) is 5.69 Å². The molecule has 3 nitrogen and oxygen atoms in total. The number of rotatable bonds is 3. The Morgan fingerprint density at radius 1 is 1.50 bits per heavy atom. The molecule has 1 aromatic carbocycles. The number of carbonyl (C=O) groups excluding carboxylic acids is 1. The molecular formula is C13H20N2O. The van der Waals surface area contributed by atoms with Crippen LogP contribution in [0.15, 0.2) is 24.3 Å². The van der Waals surface area contributed by atoms with Gasteiger partial charge in [-0.05, 0) is 38.0 Å². The first-order chi connectivity index (χ1) is 7.38. The van der Waals surface area contributed by atoms with Crippen LogP contribution in [-0.4, -0.2) is 18.5 Å². The first-order valence-electron chi connectivity index (χ1n) is 5.52. The Bertz CT molecular complexity index is 385. The summed E-state index contributed by atoms with van der Waals surface area (Å²) in [6.45, 7) is 5.69. The molecule has 1 atom stereocenters. The number of likely N-dealkylation sites (N-methyl/N-ethyl adjacent to an activating group) is 1. The second kappa shape index (κ2) is 4.66. The number of carbonyl (C=O) groups is 1. The third kappa shape index (κ3) is 2.61. The van der Waals surface area contributed by atoms with Gasteiger partial charge in [0.15, 0.2) is 0 Å². The van der Waals surface area contributed by atoms with Crippen LogP contribution in [0, 0.1) is 6.92 Å². The average Bonchev–Trinajstić information content (AvgIpc) is 2.27. The van der Waals surface area contributed by atoms with Crippen molar-refractivity contribution in [1.82, 2.24) is 0 Å². The van der Waals surface area contributed by atoms with E-state index in [1.165, 1.54) is 0 Å². The third-order valence-corrected chi connectivity index (χ3v) is 2.92. The van der Waals surface area contributed by atoms with Crippen molar-refractivity contribution in [2.75, 3.05) is 11.9 Å². The largest absolute Gasteiger partial charge is 0.318 e. The molecule has 88 valence electrons. The summed E-state index contributed by atoms with van der Waals surface area (Å²) in [5.74, 6) is -0.0550. The summed E-state index contributed by atoms with van der Waals surface area (Å²) >= 11 is 0. The molecule has 0 aliphatic rings. The highest BCUT2D eigenvalue weighted by molar-refractivity contribution is 5.99. The Hall–Kier alpha value is -1.35. The van der Waals surface area contributed by atoms with Crippen molar-refractivity contribution in [2.45, 2.75) is 32.7 Å². The Balaban J connectivity index is 2.95. The first-order valence-corrected chi connectivity index (χ1v) is 5.52. The van der Waals surface area contributed by atoms with Crippen LogP contribution in [0.2, 0.25) is 0 Å². The molecule has 0 spiro atoms. The lowest BCUT2D eigenvalue weighted by molar-refractivity contribution is -0.122. The van der Waals surface area contributed by atoms with Gasteiger partial charge in [0.25, 0.3) is 0 Å². The molecule has 1 aromatic rings. The summed E-state index contributed by atoms with van der Waals surface area (Å²) in [4.78, 5) is 13.7. The van der Waals surface area contributed by atoms with Gasteiger partial charge in [-0.2, -0.15) is 0 Å². The maximum absolute atomic E-state index is 12.1. The molecule has 1 amide bonds. The molecule has 0 saturated carbocycles. The summed E-state index contributed by atoms with van der Waals surface area (Å²) in [6, 6.07) is 7.83. The minimum absolute atomic E-state index is 0.0550. The number of nitrogens with two attached hydrogens (primary N) is 1. The fraction of sp³-hybridized carbons (Fsp3) is 0.462. The number of hydrogen-bond donors (Lipinski definition) is 1. The average molecular weight is 220 g/mol. The zero-order valence-corrected chi connectivity index (χ0v) is 10.4. The van der Waals surface area contributed by atoms with Crippen molar-refractivity contribution in [1.29, 1.82) is 0 Å². The summed E-state index contributed by atoms with van der Waals surface area (Å²) < 4.78 is 0. The zero-order valence-electron chi connectivity index (χ0n) is 10.4. The van der Waals surface area contributed by atoms with E-state index in [9.17, 15) is 4.79 Å².